The van der Waals surface area contributed by atoms with Crippen LogP contribution in [0.25, 0.3) is 0 Å². The molecule has 0 radical (unpaired) electrons. The number of hydrogen-bond acceptors (Lipinski definition) is 0. The molecular weight excluding hydrogens is 100 g/mol. The van der Waals surface area contributed by atoms with Gasteiger partial charge in [-0.15, -0.1) is 0 Å². The van der Waals surface area contributed by atoms with Crippen molar-refractivity contribution in [3.8, 4) is 0 Å². The Morgan fingerprint density at radius 3 is 1.25 bits per heavy atom. The Kier molecular flexibility index (Phi) is 1.08. The third-order valence-electron chi connectivity index (χ3n) is 0.936. The average Bonchev–Trinajstić information content (AvgIpc) is 1.77. The van der Waals surface area contributed by atoms with Gasteiger partial charge >= 0.3 is 0 Å². The van der Waals surface area contributed by atoms with Crippen LogP contribution in [0.2, 0.25) is 0 Å². The Hall–Kier alpha value is -1.18. The lowest BCUT2D eigenvalue weighted by Crippen LogP contribution is -2.42. The van der Waals surface area contributed by atoms with E-state index in [0.717, 1.165) is 11.4 Å². The molecule has 1 aliphatic rings. The molecule has 0 unspecified atom stereocenters. The first-order valence-corrected chi connectivity index (χ1v) is 2.40. The Bertz CT molecular complexity index is 149. The molecule has 8 heavy (non-hydrogen) atoms. The average molecular weight is 108 g/mol. The maximum atomic E-state index is 5.37. The van der Waals surface area contributed by atoms with Crippen molar-refractivity contribution in [1.29, 1.82) is 0 Å². The summed E-state index contributed by atoms with van der Waals surface area (Å²) in [6, 6.07) is 0. The summed E-state index contributed by atoms with van der Waals surface area (Å²) in [5.74, 6) is 0. The third kappa shape index (κ3) is 0.904. The van der Waals surface area contributed by atoms with Crippen LogP contribution in [0.4, 0.5) is 0 Å². The normalized spacial score (nSPS) is 17.5. The minimum atomic E-state index is 0.749. The van der Waals surface area contributed by atoms with Gasteiger partial charge in [0.2, 0.25) is 0 Å². The summed E-state index contributed by atoms with van der Waals surface area (Å²) in [5.41, 5.74) is 1.50. The highest BCUT2D eigenvalue weighted by Gasteiger charge is 2.00. The van der Waals surface area contributed by atoms with Crippen LogP contribution in [-0.4, -0.2) is 11.4 Å². The van der Waals surface area contributed by atoms with Crippen molar-refractivity contribution in [2.24, 2.45) is 0 Å². The molecule has 0 aliphatic heterocycles. The van der Waals surface area contributed by atoms with Crippen molar-refractivity contribution in [3.63, 3.8) is 0 Å². The van der Waals surface area contributed by atoms with Crippen LogP contribution in [0, 0.1) is 0 Å². The van der Waals surface area contributed by atoms with Gasteiger partial charge < -0.3 is 0 Å². The largest absolute Gasteiger partial charge is 0.254 e. The highest BCUT2D eigenvalue weighted by molar-refractivity contribution is 6.14. The Balaban J connectivity index is 2.83. The van der Waals surface area contributed by atoms with E-state index in [2.05, 4.69) is 0 Å². The first-order valence-electron chi connectivity index (χ1n) is 2.40. The van der Waals surface area contributed by atoms with Crippen LogP contribution < -0.4 is 10.8 Å². The molecule has 0 amide bonds. The first-order chi connectivity index (χ1) is 3.79. The van der Waals surface area contributed by atoms with Gasteiger partial charge in [0.15, 0.2) is 11.4 Å². The zero-order valence-corrected chi connectivity index (χ0v) is 4.46. The summed E-state index contributed by atoms with van der Waals surface area (Å²) in [6.07, 6.45) is 7.09. The van der Waals surface area contributed by atoms with E-state index in [1.54, 1.807) is 24.3 Å². The van der Waals surface area contributed by atoms with E-state index in [1.165, 1.54) is 0 Å². The zero-order valence-electron chi connectivity index (χ0n) is 4.46. The molecule has 0 spiro atoms. The van der Waals surface area contributed by atoms with E-state index in [4.69, 9.17) is 10.8 Å². The second-order valence-electron chi connectivity index (χ2n) is 1.67. The summed E-state index contributed by atoms with van der Waals surface area (Å²) in [6.45, 7) is 0. The predicted octanol–water partition coefficient (Wildman–Crippen LogP) is -2.49. The molecule has 0 aromatic heterocycles. The number of hydrogen-bond donors (Lipinski definition) is 2. The molecule has 0 saturated carbocycles. The van der Waals surface area contributed by atoms with Crippen LogP contribution in [-0.2, 0) is 0 Å². The van der Waals surface area contributed by atoms with Crippen molar-refractivity contribution in [1.82, 2.24) is 0 Å². The Labute approximate surface area is 47.5 Å². The molecule has 0 atom stereocenters. The molecule has 0 saturated heterocycles. The van der Waals surface area contributed by atoms with Gasteiger partial charge in [0.1, 0.15) is 0 Å². The van der Waals surface area contributed by atoms with Crippen LogP contribution in [0.3, 0.4) is 0 Å². The van der Waals surface area contributed by atoms with Gasteiger partial charge in [-0.3, -0.25) is 10.8 Å². The lowest BCUT2D eigenvalue weighted by molar-refractivity contribution is -0.113. The van der Waals surface area contributed by atoms with Gasteiger partial charge in [0.25, 0.3) is 0 Å². The minimum Gasteiger partial charge on any atom is -0.254 e. The van der Waals surface area contributed by atoms with Gasteiger partial charge in [-0.25, -0.2) is 0 Å². The van der Waals surface area contributed by atoms with Gasteiger partial charge in [-0.2, -0.15) is 0 Å². The predicted molar refractivity (Wildman–Crippen MR) is 32.1 cm³/mol. The smallest absolute Gasteiger partial charge is 0.197 e. The number of allylic oxidation sites excluding steroid dienone is 4. The van der Waals surface area contributed by atoms with E-state index in [1.807, 2.05) is 0 Å². The van der Waals surface area contributed by atoms with Crippen LogP contribution in [0.5, 0.6) is 0 Å². The van der Waals surface area contributed by atoms with Crippen LogP contribution in [0.1, 0.15) is 0 Å². The van der Waals surface area contributed by atoms with E-state index in [9.17, 15) is 0 Å². The molecule has 0 bridgehead atoms. The van der Waals surface area contributed by atoms with Crippen molar-refractivity contribution in [2.75, 3.05) is 0 Å². The van der Waals surface area contributed by atoms with Gasteiger partial charge in [-0.05, 0) is 0 Å². The molecule has 1 rings (SSSR count). The van der Waals surface area contributed by atoms with E-state index in [0.29, 0.717) is 0 Å². The van der Waals surface area contributed by atoms with E-state index in [-0.39, 0.29) is 0 Å². The summed E-state index contributed by atoms with van der Waals surface area (Å²) in [4.78, 5) is 0. The molecule has 0 heterocycles. The maximum absolute atomic E-state index is 5.37. The van der Waals surface area contributed by atoms with Gasteiger partial charge in [-0.1, -0.05) is 0 Å². The fourth-order valence-corrected chi connectivity index (χ4v) is 0.496. The van der Waals surface area contributed by atoms with Crippen molar-refractivity contribution in [3.05, 3.63) is 24.3 Å². The molecule has 4 N–H and O–H groups in total. The van der Waals surface area contributed by atoms with Crippen molar-refractivity contribution < 1.29 is 10.8 Å². The SMILES string of the molecule is [NH2+]=C1C=CC(=[NH2+])C=C1. The summed E-state index contributed by atoms with van der Waals surface area (Å²) in [7, 11) is 0. The second-order valence-corrected chi connectivity index (χ2v) is 1.67. The molecule has 0 aromatic rings. The quantitative estimate of drug-likeness (QED) is 0.323. The summed E-state index contributed by atoms with van der Waals surface area (Å²) in [5, 5.41) is 10.7. The topological polar surface area (TPSA) is 51.2 Å². The molecule has 2 heteroatoms. The summed E-state index contributed by atoms with van der Waals surface area (Å²) < 4.78 is 0. The number of nitrogens with two attached hydrogens (primary N) is 2. The monoisotopic (exact) mass is 108 g/mol. The number of rotatable bonds is 0. The molecular formula is C6H8N2+2. The standard InChI is InChI=1S/C6H6N2/c7-5-1-2-6(8)4-3-5/h1-4,7-8H/p+2. The maximum Gasteiger partial charge on any atom is 0.197 e. The Morgan fingerprint density at radius 1 is 0.750 bits per heavy atom. The van der Waals surface area contributed by atoms with E-state index >= 15 is 0 Å². The first kappa shape index (κ1) is 4.97. The second kappa shape index (κ2) is 1.74. The summed E-state index contributed by atoms with van der Waals surface area (Å²) >= 11 is 0. The highest BCUT2D eigenvalue weighted by Crippen LogP contribution is 1.86. The lowest BCUT2D eigenvalue weighted by Gasteiger charge is -1.85. The fourth-order valence-electron chi connectivity index (χ4n) is 0.496. The minimum absolute atomic E-state index is 0.749. The zero-order chi connectivity index (χ0) is 5.98. The van der Waals surface area contributed by atoms with Crippen LogP contribution in [0.15, 0.2) is 24.3 Å². The Morgan fingerprint density at radius 2 is 1.00 bits per heavy atom. The molecule has 0 aromatic carbocycles. The molecule has 40 valence electrons. The molecule has 1 aliphatic carbocycles. The molecule has 2 nitrogen and oxygen atoms in total. The lowest BCUT2D eigenvalue weighted by atomic mass is 10.2. The highest BCUT2D eigenvalue weighted by atomic mass is 14.4. The van der Waals surface area contributed by atoms with Gasteiger partial charge in [0.05, 0.1) is 0 Å². The van der Waals surface area contributed by atoms with E-state index < -0.39 is 0 Å². The fraction of sp³-hybridized carbons (Fsp3) is 0. The van der Waals surface area contributed by atoms with Crippen LogP contribution >= 0.6 is 0 Å². The van der Waals surface area contributed by atoms with Crippen molar-refractivity contribution in [2.45, 2.75) is 0 Å². The van der Waals surface area contributed by atoms with Crippen molar-refractivity contribution >= 4 is 11.4 Å². The third-order valence-corrected chi connectivity index (χ3v) is 0.936. The molecule has 0 fully saturated rings. The van der Waals surface area contributed by atoms with Gasteiger partial charge in [0, 0.05) is 24.3 Å².